The summed E-state index contributed by atoms with van der Waals surface area (Å²) in [6, 6.07) is 0.430. The molecule has 1 saturated carbocycles. The molecule has 0 spiro atoms. The average Bonchev–Trinajstić information content (AvgIpc) is 1.81. The number of rotatable bonds is 2. The third kappa shape index (κ3) is 2.32. The monoisotopic (exact) mass is 179 g/mol. The lowest BCUT2D eigenvalue weighted by molar-refractivity contribution is -0.0610. The van der Waals surface area contributed by atoms with Crippen molar-refractivity contribution in [2.24, 2.45) is 11.7 Å². The van der Waals surface area contributed by atoms with Crippen LogP contribution in [0.2, 0.25) is 0 Å². The topological polar surface area (TPSA) is 35.2 Å². The smallest absolute Gasteiger partial charge is 0.0651 e. The molecule has 0 aromatic carbocycles. The van der Waals surface area contributed by atoms with Gasteiger partial charge in [-0.15, -0.1) is 12.4 Å². The lowest BCUT2D eigenvalue weighted by atomic mass is 9.71. The lowest BCUT2D eigenvalue weighted by Gasteiger charge is -2.42. The van der Waals surface area contributed by atoms with Crippen LogP contribution in [0.1, 0.15) is 26.7 Å². The minimum atomic E-state index is 0. The maximum atomic E-state index is 5.66. The third-order valence-electron chi connectivity index (χ3n) is 2.68. The van der Waals surface area contributed by atoms with Crippen LogP contribution >= 0.6 is 12.4 Å². The summed E-state index contributed by atoms with van der Waals surface area (Å²) in [5.74, 6) is 0.674. The molecule has 0 bridgehead atoms. The molecule has 3 heteroatoms. The summed E-state index contributed by atoms with van der Waals surface area (Å²) in [6.07, 6.45) is 2.25. The molecule has 0 aromatic heterocycles. The first-order chi connectivity index (χ1) is 4.56. The van der Waals surface area contributed by atoms with Gasteiger partial charge in [0, 0.05) is 13.2 Å². The molecular weight excluding hydrogens is 162 g/mol. The van der Waals surface area contributed by atoms with Gasteiger partial charge in [-0.25, -0.2) is 0 Å². The van der Waals surface area contributed by atoms with E-state index in [-0.39, 0.29) is 18.0 Å². The Morgan fingerprint density at radius 2 is 1.82 bits per heavy atom. The largest absolute Gasteiger partial charge is 0.379 e. The second-order valence-electron chi connectivity index (χ2n) is 3.74. The van der Waals surface area contributed by atoms with Crippen molar-refractivity contribution in [2.75, 3.05) is 7.11 Å². The number of nitrogens with two attached hydrogens (primary N) is 1. The summed E-state index contributed by atoms with van der Waals surface area (Å²) in [5, 5.41) is 0. The minimum absolute atomic E-state index is 0. The van der Waals surface area contributed by atoms with E-state index in [1.807, 2.05) is 0 Å². The van der Waals surface area contributed by atoms with Gasteiger partial charge in [-0.05, 0) is 32.6 Å². The quantitative estimate of drug-likeness (QED) is 0.699. The zero-order valence-electron chi connectivity index (χ0n) is 7.46. The molecule has 2 nitrogen and oxygen atoms in total. The predicted molar refractivity (Wildman–Crippen MR) is 49.0 cm³/mol. The lowest BCUT2D eigenvalue weighted by Crippen LogP contribution is -2.47. The Balaban J connectivity index is 0.000001000. The van der Waals surface area contributed by atoms with Gasteiger partial charge in [0.05, 0.1) is 5.60 Å². The molecule has 11 heavy (non-hydrogen) atoms. The van der Waals surface area contributed by atoms with Gasteiger partial charge in [-0.3, -0.25) is 0 Å². The van der Waals surface area contributed by atoms with Gasteiger partial charge < -0.3 is 10.5 Å². The molecule has 1 fully saturated rings. The Morgan fingerprint density at radius 1 is 1.36 bits per heavy atom. The molecule has 1 rings (SSSR count). The van der Waals surface area contributed by atoms with Gasteiger partial charge in [-0.2, -0.15) is 0 Å². The normalized spacial score (nSPS) is 30.5. The first-order valence-electron chi connectivity index (χ1n) is 3.87. The molecule has 0 radical (unpaired) electrons. The number of halogens is 1. The van der Waals surface area contributed by atoms with Gasteiger partial charge in [-0.1, -0.05) is 0 Å². The van der Waals surface area contributed by atoms with Crippen LogP contribution < -0.4 is 5.73 Å². The van der Waals surface area contributed by atoms with Crippen LogP contribution in [0.4, 0.5) is 0 Å². The van der Waals surface area contributed by atoms with Crippen molar-refractivity contribution in [1.82, 2.24) is 0 Å². The Bertz CT molecular complexity index is 121. The van der Waals surface area contributed by atoms with Gasteiger partial charge in [0.25, 0.3) is 0 Å². The molecule has 0 aliphatic heterocycles. The highest BCUT2D eigenvalue weighted by atomic mass is 35.5. The Labute approximate surface area is 74.9 Å². The number of hydrogen-bond donors (Lipinski definition) is 1. The van der Waals surface area contributed by atoms with Gasteiger partial charge in [0.1, 0.15) is 0 Å². The Kier molecular flexibility index (Phi) is 3.82. The van der Waals surface area contributed by atoms with E-state index in [2.05, 4.69) is 13.8 Å². The van der Waals surface area contributed by atoms with Crippen LogP contribution in [0.15, 0.2) is 0 Å². The first kappa shape index (κ1) is 11.2. The van der Waals surface area contributed by atoms with Crippen LogP contribution in [0, 0.1) is 5.92 Å². The fraction of sp³-hybridized carbons (Fsp3) is 1.00. The summed E-state index contributed by atoms with van der Waals surface area (Å²) in [6.45, 7) is 4.26. The SMILES string of the molecule is COC(C)(C)C1CC(N)C1.Cl. The molecule has 0 heterocycles. The highest BCUT2D eigenvalue weighted by molar-refractivity contribution is 5.85. The van der Waals surface area contributed by atoms with E-state index in [4.69, 9.17) is 10.5 Å². The third-order valence-corrected chi connectivity index (χ3v) is 2.68. The van der Waals surface area contributed by atoms with Crippen molar-refractivity contribution in [1.29, 1.82) is 0 Å². The van der Waals surface area contributed by atoms with Gasteiger partial charge in [0.2, 0.25) is 0 Å². The van der Waals surface area contributed by atoms with E-state index in [1.54, 1.807) is 7.11 Å². The molecule has 1 aliphatic rings. The van der Waals surface area contributed by atoms with Crippen molar-refractivity contribution >= 4 is 12.4 Å². The van der Waals surface area contributed by atoms with Crippen LogP contribution in [0.25, 0.3) is 0 Å². The maximum Gasteiger partial charge on any atom is 0.0651 e. The van der Waals surface area contributed by atoms with Crippen LogP contribution in [-0.2, 0) is 4.74 Å². The molecule has 0 aromatic rings. The molecule has 2 N–H and O–H groups in total. The first-order valence-corrected chi connectivity index (χ1v) is 3.87. The van der Waals surface area contributed by atoms with E-state index in [9.17, 15) is 0 Å². The van der Waals surface area contributed by atoms with Crippen LogP contribution in [0.5, 0.6) is 0 Å². The van der Waals surface area contributed by atoms with Crippen molar-refractivity contribution in [3.05, 3.63) is 0 Å². The Hall–Kier alpha value is 0.210. The highest BCUT2D eigenvalue weighted by Gasteiger charge is 2.38. The van der Waals surface area contributed by atoms with E-state index in [0.29, 0.717) is 12.0 Å². The molecular formula is C8H18ClNO. The highest BCUT2D eigenvalue weighted by Crippen LogP contribution is 2.36. The zero-order valence-corrected chi connectivity index (χ0v) is 8.28. The van der Waals surface area contributed by atoms with Crippen LogP contribution in [-0.4, -0.2) is 18.8 Å². The standard InChI is InChI=1S/C8H17NO.ClH/c1-8(2,10-3)6-4-7(9)5-6;/h6-7H,4-5,9H2,1-3H3;1H. The van der Waals surface area contributed by atoms with E-state index >= 15 is 0 Å². The molecule has 0 saturated heterocycles. The number of hydrogen-bond acceptors (Lipinski definition) is 2. The van der Waals surface area contributed by atoms with Gasteiger partial charge >= 0.3 is 0 Å². The van der Waals surface area contributed by atoms with Crippen molar-refractivity contribution in [2.45, 2.75) is 38.3 Å². The van der Waals surface area contributed by atoms with E-state index < -0.39 is 0 Å². The predicted octanol–water partition coefficient (Wildman–Crippen LogP) is 1.57. The van der Waals surface area contributed by atoms with Crippen molar-refractivity contribution in [3.8, 4) is 0 Å². The Morgan fingerprint density at radius 3 is 2.09 bits per heavy atom. The molecule has 0 unspecified atom stereocenters. The van der Waals surface area contributed by atoms with Crippen molar-refractivity contribution < 1.29 is 4.74 Å². The number of ether oxygens (including phenoxy) is 1. The summed E-state index contributed by atoms with van der Waals surface area (Å²) in [7, 11) is 1.77. The van der Waals surface area contributed by atoms with E-state index in [1.165, 1.54) is 0 Å². The molecule has 0 atom stereocenters. The maximum absolute atomic E-state index is 5.66. The number of methoxy groups -OCH3 is 1. The summed E-state index contributed by atoms with van der Waals surface area (Å²) in [4.78, 5) is 0. The minimum Gasteiger partial charge on any atom is -0.379 e. The summed E-state index contributed by atoms with van der Waals surface area (Å²) in [5.41, 5.74) is 5.70. The fourth-order valence-electron chi connectivity index (χ4n) is 1.40. The zero-order chi connectivity index (χ0) is 7.78. The second-order valence-corrected chi connectivity index (χ2v) is 3.74. The second kappa shape index (κ2) is 3.74. The van der Waals surface area contributed by atoms with Crippen LogP contribution in [0.3, 0.4) is 0 Å². The molecule has 0 amide bonds. The molecule has 1 aliphatic carbocycles. The molecule has 68 valence electrons. The van der Waals surface area contributed by atoms with Crippen molar-refractivity contribution in [3.63, 3.8) is 0 Å². The van der Waals surface area contributed by atoms with E-state index in [0.717, 1.165) is 12.8 Å². The summed E-state index contributed by atoms with van der Waals surface area (Å²) >= 11 is 0. The average molecular weight is 180 g/mol. The summed E-state index contributed by atoms with van der Waals surface area (Å²) < 4.78 is 5.33. The van der Waals surface area contributed by atoms with Gasteiger partial charge in [0.15, 0.2) is 0 Å². The fourth-order valence-corrected chi connectivity index (χ4v) is 1.40.